The van der Waals surface area contributed by atoms with Crippen LogP contribution in [-0.4, -0.2) is 40.5 Å². The van der Waals surface area contributed by atoms with Crippen LogP contribution in [0.3, 0.4) is 0 Å². The predicted molar refractivity (Wildman–Crippen MR) is 85.9 cm³/mol. The molecule has 134 valence electrons. The first kappa shape index (κ1) is 18.4. The van der Waals surface area contributed by atoms with Crippen LogP contribution >= 0.6 is 0 Å². The minimum atomic E-state index is -4.48. The molecule has 0 saturated carbocycles. The van der Waals surface area contributed by atoms with E-state index in [1.165, 1.54) is 12.3 Å². The Labute approximate surface area is 142 Å². The number of amides is 1. The number of rotatable bonds is 8. The molecular formula is C15H17F3N6O. The normalized spacial score (nSPS) is 11.0. The zero-order chi connectivity index (χ0) is 18.1. The van der Waals surface area contributed by atoms with Crippen LogP contribution < -0.4 is 16.0 Å². The fourth-order valence-electron chi connectivity index (χ4n) is 1.92. The van der Waals surface area contributed by atoms with Gasteiger partial charge < -0.3 is 16.0 Å². The van der Waals surface area contributed by atoms with E-state index in [1.54, 1.807) is 18.5 Å². The van der Waals surface area contributed by atoms with Gasteiger partial charge in [0, 0.05) is 44.6 Å². The maximum absolute atomic E-state index is 12.8. The van der Waals surface area contributed by atoms with E-state index in [9.17, 15) is 18.0 Å². The molecule has 0 aliphatic rings. The van der Waals surface area contributed by atoms with Crippen molar-refractivity contribution in [3.8, 4) is 0 Å². The van der Waals surface area contributed by atoms with Crippen LogP contribution in [0.5, 0.6) is 0 Å². The third-order valence-corrected chi connectivity index (χ3v) is 3.05. The standard InChI is InChI=1S/C15H17F3N6O/c16-15(17,18)11-3-1-5-20-13(11)21-10-9-19-12(25)4-8-24-14-22-6-2-7-23-14/h1-3,5-7H,4,8-10H2,(H,19,25)(H,20,21)(H,22,23,24). The van der Waals surface area contributed by atoms with Crippen molar-refractivity contribution < 1.29 is 18.0 Å². The number of hydrogen-bond acceptors (Lipinski definition) is 6. The Morgan fingerprint density at radius 3 is 2.40 bits per heavy atom. The third kappa shape index (κ3) is 6.24. The molecule has 1 amide bonds. The number of pyridine rings is 1. The van der Waals surface area contributed by atoms with Crippen LogP contribution in [0.2, 0.25) is 0 Å². The molecule has 0 radical (unpaired) electrons. The molecule has 2 rings (SSSR count). The van der Waals surface area contributed by atoms with Gasteiger partial charge in [-0.05, 0) is 18.2 Å². The Kier molecular flexibility index (Phi) is 6.49. The van der Waals surface area contributed by atoms with Gasteiger partial charge in [0.05, 0.1) is 5.56 Å². The SMILES string of the molecule is O=C(CCNc1ncccn1)NCCNc1ncccc1C(F)(F)F. The number of halogens is 3. The van der Waals surface area contributed by atoms with E-state index < -0.39 is 11.7 Å². The van der Waals surface area contributed by atoms with Gasteiger partial charge in [-0.3, -0.25) is 4.79 Å². The number of alkyl halides is 3. The van der Waals surface area contributed by atoms with Crippen molar-refractivity contribution >= 4 is 17.7 Å². The second kappa shape index (κ2) is 8.81. The molecule has 3 N–H and O–H groups in total. The average Bonchev–Trinajstić information content (AvgIpc) is 2.59. The van der Waals surface area contributed by atoms with E-state index in [1.807, 2.05) is 0 Å². The number of hydrogen-bond donors (Lipinski definition) is 3. The Morgan fingerprint density at radius 1 is 0.960 bits per heavy atom. The predicted octanol–water partition coefficient (Wildman–Crippen LogP) is 1.92. The molecule has 25 heavy (non-hydrogen) atoms. The summed E-state index contributed by atoms with van der Waals surface area (Å²) >= 11 is 0. The van der Waals surface area contributed by atoms with Crippen molar-refractivity contribution in [2.24, 2.45) is 0 Å². The van der Waals surface area contributed by atoms with Crippen LogP contribution in [0.25, 0.3) is 0 Å². The van der Waals surface area contributed by atoms with Gasteiger partial charge in [-0.15, -0.1) is 0 Å². The van der Waals surface area contributed by atoms with E-state index in [0.29, 0.717) is 12.5 Å². The van der Waals surface area contributed by atoms with Crippen molar-refractivity contribution in [2.75, 3.05) is 30.3 Å². The number of carbonyl (C=O) groups is 1. The first-order valence-electron chi connectivity index (χ1n) is 7.50. The van der Waals surface area contributed by atoms with Gasteiger partial charge in [-0.25, -0.2) is 15.0 Å². The molecule has 0 bridgehead atoms. The highest BCUT2D eigenvalue weighted by Crippen LogP contribution is 2.33. The van der Waals surface area contributed by atoms with Crippen molar-refractivity contribution in [3.63, 3.8) is 0 Å². The maximum atomic E-state index is 12.8. The van der Waals surface area contributed by atoms with Gasteiger partial charge in [-0.2, -0.15) is 13.2 Å². The topological polar surface area (TPSA) is 91.8 Å². The van der Waals surface area contributed by atoms with E-state index in [4.69, 9.17) is 0 Å². The summed E-state index contributed by atoms with van der Waals surface area (Å²) in [7, 11) is 0. The molecular weight excluding hydrogens is 337 g/mol. The van der Waals surface area contributed by atoms with Crippen LogP contribution in [0.1, 0.15) is 12.0 Å². The summed E-state index contributed by atoms with van der Waals surface area (Å²) in [5.41, 5.74) is -0.839. The van der Waals surface area contributed by atoms with E-state index >= 15 is 0 Å². The third-order valence-electron chi connectivity index (χ3n) is 3.05. The van der Waals surface area contributed by atoms with Gasteiger partial charge in [0.15, 0.2) is 0 Å². The molecule has 0 spiro atoms. The Morgan fingerprint density at radius 2 is 1.68 bits per heavy atom. The largest absolute Gasteiger partial charge is 0.419 e. The fraction of sp³-hybridized carbons (Fsp3) is 0.333. The van der Waals surface area contributed by atoms with Crippen LogP contribution in [0.15, 0.2) is 36.8 Å². The van der Waals surface area contributed by atoms with Crippen LogP contribution in [-0.2, 0) is 11.0 Å². The zero-order valence-corrected chi connectivity index (χ0v) is 13.2. The molecule has 2 heterocycles. The highest BCUT2D eigenvalue weighted by Gasteiger charge is 2.33. The molecule has 7 nitrogen and oxygen atoms in total. The number of nitrogens with one attached hydrogen (secondary N) is 3. The second-order valence-corrected chi connectivity index (χ2v) is 4.92. The number of anilines is 2. The molecule has 2 aromatic heterocycles. The number of aromatic nitrogens is 3. The van der Waals surface area contributed by atoms with Gasteiger partial charge in [0.2, 0.25) is 11.9 Å². The van der Waals surface area contributed by atoms with Gasteiger partial charge in [-0.1, -0.05) is 0 Å². The van der Waals surface area contributed by atoms with Crippen molar-refractivity contribution in [2.45, 2.75) is 12.6 Å². The summed E-state index contributed by atoms with van der Waals surface area (Å²) < 4.78 is 38.4. The summed E-state index contributed by atoms with van der Waals surface area (Å²) in [5.74, 6) is -0.0683. The molecule has 0 unspecified atom stereocenters. The molecule has 0 aliphatic carbocycles. The summed E-state index contributed by atoms with van der Waals surface area (Å²) in [6.45, 7) is 0.650. The van der Waals surface area contributed by atoms with Crippen molar-refractivity contribution in [1.29, 1.82) is 0 Å². The second-order valence-electron chi connectivity index (χ2n) is 4.92. The minimum absolute atomic E-state index is 0.126. The smallest absolute Gasteiger partial charge is 0.368 e. The van der Waals surface area contributed by atoms with Crippen LogP contribution in [0.4, 0.5) is 24.9 Å². The number of nitrogens with zero attached hydrogens (tertiary/aromatic N) is 3. The lowest BCUT2D eigenvalue weighted by Crippen LogP contribution is -2.30. The molecule has 0 aliphatic heterocycles. The fourth-order valence-corrected chi connectivity index (χ4v) is 1.92. The molecule has 0 saturated heterocycles. The summed E-state index contributed by atoms with van der Waals surface area (Å²) in [4.78, 5) is 23.2. The lowest BCUT2D eigenvalue weighted by Gasteiger charge is -2.13. The quantitative estimate of drug-likeness (QED) is 0.628. The maximum Gasteiger partial charge on any atom is 0.419 e. The molecule has 0 fully saturated rings. The molecule has 10 heteroatoms. The van der Waals surface area contributed by atoms with Gasteiger partial charge in [0.25, 0.3) is 0 Å². The Hall–Kier alpha value is -2.91. The summed E-state index contributed by atoms with van der Waals surface area (Å²) in [5, 5.41) is 8.06. The van der Waals surface area contributed by atoms with Crippen molar-refractivity contribution in [3.05, 3.63) is 42.4 Å². The molecule has 2 aromatic rings. The lowest BCUT2D eigenvalue weighted by molar-refractivity contribution is -0.137. The Bertz CT molecular complexity index is 680. The Balaban J connectivity index is 1.67. The van der Waals surface area contributed by atoms with E-state index in [2.05, 4.69) is 30.9 Å². The molecule has 0 aromatic carbocycles. The highest BCUT2D eigenvalue weighted by atomic mass is 19.4. The van der Waals surface area contributed by atoms with Crippen LogP contribution in [0, 0.1) is 0 Å². The summed E-state index contributed by atoms with van der Waals surface area (Å²) in [6, 6.07) is 3.85. The zero-order valence-electron chi connectivity index (χ0n) is 13.2. The van der Waals surface area contributed by atoms with Gasteiger partial charge in [0.1, 0.15) is 5.82 Å². The molecule has 0 atom stereocenters. The summed E-state index contributed by atoms with van der Waals surface area (Å²) in [6.07, 6.45) is 0.135. The van der Waals surface area contributed by atoms with E-state index in [-0.39, 0.29) is 31.2 Å². The van der Waals surface area contributed by atoms with Gasteiger partial charge >= 0.3 is 6.18 Å². The lowest BCUT2D eigenvalue weighted by atomic mass is 10.2. The first-order chi connectivity index (χ1) is 12.0. The number of carbonyl (C=O) groups excluding carboxylic acids is 1. The first-order valence-corrected chi connectivity index (χ1v) is 7.50. The van der Waals surface area contributed by atoms with E-state index in [0.717, 1.165) is 6.07 Å². The monoisotopic (exact) mass is 354 g/mol. The van der Waals surface area contributed by atoms with Crippen molar-refractivity contribution in [1.82, 2.24) is 20.3 Å². The average molecular weight is 354 g/mol. The highest BCUT2D eigenvalue weighted by molar-refractivity contribution is 5.76. The minimum Gasteiger partial charge on any atom is -0.368 e.